The molecule has 19 heavy (non-hydrogen) atoms. The fourth-order valence-electron chi connectivity index (χ4n) is 2.15. The van der Waals surface area contributed by atoms with E-state index in [1.165, 1.54) is 11.9 Å². The molecule has 2 aromatic rings. The first-order valence-corrected chi connectivity index (χ1v) is 6.53. The largest absolute Gasteiger partial charge is 0.383 e. The lowest BCUT2D eigenvalue weighted by Gasteiger charge is -2.22. The normalized spacial score (nSPS) is 10.5. The molecule has 1 heterocycles. The molecular formula is C15H20N4. The van der Waals surface area contributed by atoms with Crippen molar-refractivity contribution in [2.24, 2.45) is 0 Å². The van der Waals surface area contributed by atoms with Crippen molar-refractivity contribution < 1.29 is 0 Å². The molecule has 0 saturated carbocycles. The van der Waals surface area contributed by atoms with Crippen LogP contribution in [0.3, 0.4) is 0 Å². The lowest BCUT2D eigenvalue weighted by atomic mass is 10.1. The summed E-state index contributed by atoms with van der Waals surface area (Å²) in [7, 11) is 2.01. The first kappa shape index (κ1) is 13.3. The van der Waals surface area contributed by atoms with E-state index in [0.29, 0.717) is 5.82 Å². The van der Waals surface area contributed by atoms with Gasteiger partial charge in [-0.2, -0.15) is 0 Å². The van der Waals surface area contributed by atoms with Crippen LogP contribution in [0.15, 0.2) is 30.6 Å². The monoisotopic (exact) mass is 256 g/mol. The molecule has 0 atom stereocenters. The highest BCUT2D eigenvalue weighted by molar-refractivity contribution is 5.66. The Hall–Kier alpha value is -2.10. The quantitative estimate of drug-likeness (QED) is 0.913. The van der Waals surface area contributed by atoms with Crippen LogP contribution < -0.4 is 10.6 Å². The van der Waals surface area contributed by atoms with Gasteiger partial charge in [-0.15, -0.1) is 0 Å². The summed E-state index contributed by atoms with van der Waals surface area (Å²) in [5.41, 5.74) is 9.33. The van der Waals surface area contributed by atoms with Crippen LogP contribution in [0.4, 0.5) is 17.3 Å². The van der Waals surface area contributed by atoms with Gasteiger partial charge in [-0.25, -0.2) is 9.97 Å². The molecule has 0 aliphatic carbocycles. The Kier molecular flexibility index (Phi) is 4.00. The van der Waals surface area contributed by atoms with E-state index in [0.717, 1.165) is 29.9 Å². The molecule has 2 N–H and O–H groups in total. The summed E-state index contributed by atoms with van der Waals surface area (Å²) in [6.07, 6.45) is 3.43. The molecule has 0 unspecified atom stereocenters. The maximum Gasteiger partial charge on any atom is 0.141 e. The molecule has 0 saturated heterocycles. The minimum atomic E-state index is 0.575. The van der Waals surface area contributed by atoms with Crippen LogP contribution >= 0.6 is 0 Å². The Morgan fingerprint density at radius 3 is 2.74 bits per heavy atom. The molecule has 4 nitrogen and oxygen atoms in total. The van der Waals surface area contributed by atoms with Gasteiger partial charge in [0, 0.05) is 18.3 Å². The third-order valence-corrected chi connectivity index (χ3v) is 3.16. The standard InChI is InChI=1S/C15H20N4/c1-4-6-13-14(16)17-10-18-15(13)19(3)12-8-5-7-11(2)9-12/h5,7-10H,4,6H2,1-3H3,(H2,16,17,18). The zero-order chi connectivity index (χ0) is 13.8. The molecule has 0 amide bonds. The van der Waals surface area contributed by atoms with Crippen LogP contribution in [0.1, 0.15) is 24.5 Å². The van der Waals surface area contributed by atoms with Crippen molar-refractivity contribution in [3.05, 3.63) is 41.7 Å². The Morgan fingerprint density at radius 2 is 2.05 bits per heavy atom. The van der Waals surface area contributed by atoms with Crippen molar-refractivity contribution in [1.29, 1.82) is 0 Å². The topological polar surface area (TPSA) is 55.0 Å². The summed E-state index contributed by atoms with van der Waals surface area (Å²) < 4.78 is 0. The molecule has 0 aliphatic rings. The van der Waals surface area contributed by atoms with Crippen molar-refractivity contribution in [2.45, 2.75) is 26.7 Å². The molecule has 0 bridgehead atoms. The Morgan fingerprint density at radius 1 is 1.26 bits per heavy atom. The molecule has 0 radical (unpaired) electrons. The lowest BCUT2D eigenvalue weighted by molar-refractivity contribution is 0.896. The number of anilines is 3. The van der Waals surface area contributed by atoms with Gasteiger partial charge in [-0.1, -0.05) is 25.5 Å². The first-order valence-electron chi connectivity index (χ1n) is 6.53. The number of nitrogens with zero attached hydrogens (tertiary/aromatic N) is 3. The van der Waals surface area contributed by atoms with Crippen LogP contribution in [-0.2, 0) is 6.42 Å². The maximum absolute atomic E-state index is 5.98. The predicted octanol–water partition coefficient (Wildman–Crippen LogP) is 3.09. The predicted molar refractivity (Wildman–Crippen MR) is 79.7 cm³/mol. The second-order valence-electron chi connectivity index (χ2n) is 4.71. The van der Waals surface area contributed by atoms with Crippen molar-refractivity contribution in [1.82, 2.24) is 9.97 Å². The average Bonchev–Trinajstić information content (AvgIpc) is 2.40. The van der Waals surface area contributed by atoms with Crippen molar-refractivity contribution in [3.63, 3.8) is 0 Å². The van der Waals surface area contributed by atoms with E-state index in [2.05, 4.69) is 46.9 Å². The van der Waals surface area contributed by atoms with Crippen LogP contribution in [0.2, 0.25) is 0 Å². The van der Waals surface area contributed by atoms with Gasteiger partial charge in [0.05, 0.1) is 0 Å². The SMILES string of the molecule is CCCc1c(N)ncnc1N(C)c1cccc(C)c1. The Labute approximate surface area is 114 Å². The van der Waals surface area contributed by atoms with Gasteiger partial charge in [0.2, 0.25) is 0 Å². The maximum atomic E-state index is 5.98. The van der Waals surface area contributed by atoms with Gasteiger partial charge in [-0.05, 0) is 31.0 Å². The summed E-state index contributed by atoms with van der Waals surface area (Å²) in [6.45, 7) is 4.21. The fraction of sp³-hybridized carbons (Fsp3) is 0.333. The highest BCUT2D eigenvalue weighted by Crippen LogP contribution is 2.28. The molecule has 0 spiro atoms. The second kappa shape index (κ2) is 5.69. The highest BCUT2D eigenvalue weighted by Gasteiger charge is 2.13. The summed E-state index contributed by atoms with van der Waals surface area (Å²) >= 11 is 0. The molecule has 2 rings (SSSR count). The van der Waals surface area contributed by atoms with E-state index >= 15 is 0 Å². The first-order chi connectivity index (χ1) is 9.13. The Bertz CT molecular complexity index is 566. The smallest absolute Gasteiger partial charge is 0.141 e. The summed E-state index contributed by atoms with van der Waals surface area (Å²) in [6, 6.07) is 8.33. The van der Waals surface area contributed by atoms with Gasteiger partial charge >= 0.3 is 0 Å². The number of nitrogens with two attached hydrogens (primary N) is 1. The summed E-state index contributed by atoms with van der Waals surface area (Å²) in [4.78, 5) is 10.6. The van der Waals surface area contributed by atoms with Crippen molar-refractivity contribution in [2.75, 3.05) is 17.7 Å². The van der Waals surface area contributed by atoms with Gasteiger partial charge in [-0.3, -0.25) is 0 Å². The van der Waals surface area contributed by atoms with Crippen molar-refractivity contribution in [3.8, 4) is 0 Å². The van der Waals surface area contributed by atoms with Crippen LogP contribution in [0.25, 0.3) is 0 Å². The number of hydrogen-bond donors (Lipinski definition) is 1. The molecule has 4 heteroatoms. The second-order valence-corrected chi connectivity index (χ2v) is 4.71. The number of hydrogen-bond acceptors (Lipinski definition) is 4. The minimum Gasteiger partial charge on any atom is -0.383 e. The molecule has 1 aromatic heterocycles. The molecule has 100 valence electrons. The van der Waals surface area contributed by atoms with E-state index < -0.39 is 0 Å². The van der Waals surface area contributed by atoms with Gasteiger partial charge in [0.1, 0.15) is 18.0 Å². The van der Waals surface area contributed by atoms with Crippen LogP contribution in [0, 0.1) is 6.92 Å². The van der Waals surface area contributed by atoms with E-state index in [4.69, 9.17) is 5.73 Å². The zero-order valence-corrected chi connectivity index (χ0v) is 11.7. The molecule has 0 aliphatic heterocycles. The van der Waals surface area contributed by atoms with Gasteiger partial charge in [0.25, 0.3) is 0 Å². The number of aromatic nitrogens is 2. The molecule has 0 fully saturated rings. The van der Waals surface area contributed by atoms with E-state index in [1.807, 2.05) is 13.1 Å². The van der Waals surface area contributed by atoms with Gasteiger partial charge in [0.15, 0.2) is 0 Å². The third-order valence-electron chi connectivity index (χ3n) is 3.16. The Balaban J connectivity index is 2.43. The average molecular weight is 256 g/mol. The number of nitrogen functional groups attached to an aromatic ring is 1. The summed E-state index contributed by atoms with van der Waals surface area (Å²) in [5, 5.41) is 0. The van der Waals surface area contributed by atoms with E-state index in [1.54, 1.807) is 0 Å². The number of rotatable bonds is 4. The van der Waals surface area contributed by atoms with Gasteiger partial charge < -0.3 is 10.6 Å². The highest BCUT2D eigenvalue weighted by atomic mass is 15.2. The number of benzene rings is 1. The molecular weight excluding hydrogens is 236 g/mol. The fourth-order valence-corrected chi connectivity index (χ4v) is 2.15. The third kappa shape index (κ3) is 2.84. The minimum absolute atomic E-state index is 0.575. The van der Waals surface area contributed by atoms with E-state index in [9.17, 15) is 0 Å². The van der Waals surface area contributed by atoms with E-state index in [-0.39, 0.29) is 0 Å². The number of aryl methyl sites for hydroxylation is 1. The lowest BCUT2D eigenvalue weighted by Crippen LogP contribution is -2.15. The van der Waals surface area contributed by atoms with Crippen molar-refractivity contribution >= 4 is 17.3 Å². The zero-order valence-electron chi connectivity index (χ0n) is 11.7. The summed E-state index contributed by atoms with van der Waals surface area (Å²) in [5.74, 6) is 1.46. The van der Waals surface area contributed by atoms with Crippen LogP contribution in [0.5, 0.6) is 0 Å². The van der Waals surface area contributed by atoms with Crippen LogP contribution in [-0.4, -0.2) is 17.0 Å². The molecule has 1 aromatic carbocycles.